The Hall–Kier alpha value is -1.47. The first-order valence-corrected chi connectivity index (χ1v) is 10.4. The molecule has 25 heavy (non-hydrogen) atoms. The van der Waals surface area contributed by atoms with Crippen LogP contribution in [-0.2, 0) is 10.0 Å². The molecule has 2 saturated heterocycles. The fourth-order valence-corrected chi connectivity index (χ4v) is 4.74. The molecule has 2 aliphatic rings. The highest BCUT2D eigenvalue weighted by Gasteiger charge is 2.24. The van der Waals surface area contributed by atoms with Crippen molar-refractivity contribution < 1.29 is 8.42 Å². The maximum atomic E-state index is 12.1. The van der Waals surface area contributed by atoms with E-state index in [0.717, 1.165) is 25.9 Å². The molecule has 2 aliphatic heterocycles. The normalized spacial score (nSPS) is 22.9. The largest absolute Gasteiger partial charge is 0.297 e. The lowest BCUT2D eigenvalue weighted by Gasteiger charge is -2.27. The minimum absolute atomic E-state index is 0.0250. The fourth-order valence-electron chi connectivity index (χ4n) is 3.50. The van der Waals surface area contributed by atoms with E-state index in [1.54, 1.807) is 4.31 Å². The van der Waals surface area contributed by atoms with Gasteiger partial charge in [-0.05, 0) is 31.0 Å². The number of benzene rings is 1. The molecule has 0 radical (unpaired) electrons. The highest BCUT2D eigenvalue weighted by molar-refractivity contribution is 7.89. The zero-order chi connectivity index (χ0) is 17.9. The SMILES string of the molecule is C=CCS(=O)(=O)N1CCC(=Cc2ccc(C3NCCN3C)cc2)CC1. The van der Waals surface area contributed by atoms with Crippen molar-refractivity contribution in [1.29, 1.82) is 0 Å². The van der Waals surface area contributed by atoms with Gasteiger partial charge in [0.15, 0.2) is 0 Å². The van der Waals surface area contributed by atoms with Gasteiger partial charge in [-0.15, -0.1) is 6.58 Å². The van der Waals surface area contributed by atoms with Gasteiger partial charge in [-0.1, -0.05) is 42.0 Å². The molecular weight excluding hydrogens is 334 g/mol. The molecule has 1 aromatic carbocycles. The zero-order valence-corrected chi connectivity index (χ0v) is 15.6. The first-order valence-electron chi connectivity index (χ1n) is 8.81. The van der Waals surface area contributed by atoms with Crippen molar-refractivity contribution in [3.63, 3.8) is 0 Å². The lowest BCUT2D eigenvalue weighted by molar-refractivity contribution is 0.301. The molecule has 0 aliphatic carbocycles. The quantitative estimate of drug-likeness (QED) is 0.817. The van der Waals surface area contributed by atoms with Crippen LogP contribution in [0.4, 0.5) is 0 Å². The van der Waals surface area contributed by atoms with E-state index in [0.29, 0.717) is 19.3 Å². The molecule has 0 spiro atoms. The van der Waals surface area contributed by atoms with E-state index < -0.39 is 10.0 Å². The standard InChI is InChI=1S/C19H27N3O2S/c1-3-14-25(23,24)22-11-8-17(9-12-22)15-16-4-6-18(7-5-16)19-20-10-13-21(19)2/h3-7,15,19-20H,1,8-14H2,2H3. The van der Waals surface area contributed by atoms with Crippen LogP contribution in [-0.4, -0.2) is 56.6 Å². The van der Waals surface area contributed by atoms with Crippen LogP contribution in [0.2, 0.25) is 0 Å². The van der Waals surface area contributed by atoms with Crippen LogP contribution in [0.15, 0.2) is 42.5 Å². The lowest BCUT2D eigenvalue weighted by Crippen LogP contribution is -2.37. The van der Waals surface area contributed by atoms with Gasteiger partial charge in [0.2, 0.25) is 10.0 Å². The number of hydrogen-bond acceptors (Lipinski definition) is 4. The van der Waals surface area contributed by atoms with Crippen LogP contribution in [0.25, 0.3) is 6.08 Å². The first-order chi connectivity index (χ1) is 12.0. The molecule has 2 fully saturated rings. The lowest BCUT2D eigenvalue weighted by atomic mass is 10.0. The molecule has 5 nitrogen and oxygen atoms in total. The van der Waals surface area contributed by atoms with Crippen LogP contribution in [0.5, 0.6) is 0 Å². The molecule has 1 aromatic rings. The summed E-state index contributed by atoms with van der Waals surface area (Å²) in [6.45, 7) is 6.76. The van der Waals surface area contributed by atoms with Crippen molar-refractivity contribution in [3.8, 4) is 0 Å². The highest BCUT2D eigenvalue weighted by atomic mass is 32.2. The Bertz CT molecular complexity index is 730. The molecule has 0 aromatic heterocycles. The maximum Gasteiger partial charge on any atom is 0.217 e. The number of piperidine rings is 1. The van der Waals surface area contributed by atoms with Gasteiger partial charge in [0, 0.05) is 26.2 Å². The summed E-state index contributed by atoms with van der Waals surface area (Å²) in [5.74, 6) is 0.0250. The van der Waals surface area contributed by atoms with Crippen LogP contribution in [0.1, 0.15) is 30.1 Å². The average molecular weight is 362 g/mol. The summed E-state index contributed by atoms with van der Waals surface area (Å²) in [5.41, 5.74) is 3.78. The van der Waals surface area contributed by atoms with Crippen molar-refractivity contribution in [1.82, 2.24) is 14.5 Å². The molecule has 0 saturated carbocycles. The molecule has 3 rings (SSSR count). The summed E-state index contributed by atoms with van der Waals surface area (Å²) in [7, 11) is -1.04. The molecular formula is C19H27N3O2S. The predicted molar refractivity (Wildman–Crippen MR) is 103 cm³/mol. The molecule has 0 bridgehead atoms. The summed E-state index contributed by atoms with van der Waals surface area (Å²) >= 11 is 0. The summed E-state index contributed by atoms with van der Waals surface area (Å²) < 4.78 is 25.7. The Morgan fingerprint density at radius 2 is 1.88 bits per heavy atom. The number of sulfonamides is 1. The fraction of sp³-hybridized carbons (Fsp3) is 0.474. The van der Waals surface area contributed by atoms with Gasteiger partial charge in [0.1, 0.15) is 0 Å². The minimum Gasteiger partial charge on any atom is -0.297 e. The van der Waals surface area contributed by atoms with Crippen LogP contribution in [0, 0.1) is 0 Å². The maximum absolute atomic E-state index is 12.1. The first kappa shape index (κ1) is 18.3. The monoisotopic (exact) mass is 361 g/mol. The number of nitrogens with zero attached hydrogens (tertiary/aromatic N) is 2. The van der Waals surface area contributed by atoms with E-state index in [2.05, 4.69) is 54.2 Å². The van der Waals surface area contributed by atoms with Crippen LogP contribution < -0.4 is 5.32 Å². The van der Waals surface area contributed by atoms with Crippen LogP contribution in [0.3, 0.4) is 0 Å². The second kappa shape index (κ2) is 7.83. The van der Waals surface area contributed by atoms with E-state index in [1.165, 1.54) is 22.8 Å². The third-order valence-corrected chi connectivity index (χ3v) is 6.76. The molecule has 0 amide bonds. The number of nitrogens with one attached hydrogen (secondary N) is 1. The summed E-state index contributed by atoms with van der Waals surface area (Å²) in [6, 6.07) is 8.65. The third kappa shape index (κ3) is 4.39. The second-order valence-corrected chi connectivity index (χ2v) is 8.79. The Balaban J connectivity index is 1.62. The summed E-state index contributed by atoms with van der Waals surface area (Å²) in [6.07, 6.45) is 5.56. The van der Waals surface area contributed by atoms with Crippen LogP contribution >= 0.6 is 0 Å². The Morgan fingerprint density at radius 1 is 1.20 bits per heavy atom. The zero-order valence-electron chi connectivity index (χ0n) is 14.8. The van der Waals surface area contributed by atoms with Crippen molar-refractivity contribution in [2.45, 2.75) is 19.0 Å². The molecule has 6 heteroatoms. The number of likely N-dealkylation sites (N-methyl/N-ethyl adjacent to an activating group) is 1. The Kier molecular flexibility index (Phi) is 5.74. The minimum atomic E-state index is -3.17. The van der Waals surface area contributed by atoms with Crippen molar-refractivity contribution in [2.24, 2.45) is 0 Å². The molecule has 1 N–H and O–H groups in total. The van der Waals surface area contributed by atoms with Crippen molar-refractivity contribution in [3.05, 3.63) is 53.6 Å². The smallest absolute Gasteiger partial charge is 0.217 e. The Labute approximate surface area is 151 Å². The van der Waals surface area contributed by atoms with Gasteiger partial charge in [-0.3, -0.25) is 10.2 Å². The van der Waals surface area contributed by atoms with E-state index in [-0.39, 0.29) is 5.75 Å². The van der Waals surface area contributed by atoms with E-state index >= 15 is 0 Å². The van der Waals surface area contributed by atoms with Gasteiger partial charge in [-0.25, -0.2) is 12.7 Å². The highest BCUT2D eigenvalue weighted by Crippen LogP contribution is 2.24. The van der Waals surface area contributed by atoms with Crippen molar-refractivity contribution >= 4 is 16.1 Å². The van der Waals surface area contributed by atoms with Gasteiger partial charge < -0.3 is 0 Å². The van der Waals surface area contributed by atoms with E-state index in [9.17, 15) is 8.42 Å². The average Bonchev–Trinajstić information content (AvgIpc) is 3.02. The van der Waals surface area contributed by atoms with Crippen molar-refractivity contribution in [2.75, 3.05) is 39.0 Å². The third-order valence-electron chi connectivity index (χ3n) is 4.95. The van der Waals surface area contributed by atoms with E-state index in [4.69, 9.17) is 0 Å². The van der Waals surface area contributed by atoms with Gasteiger partial charge in [-0.2, -0.15) is 0 Å². The molecule has 136 valence electrons. The second-order valence-electron chi connectivity index (χ2n) is 6.77. The summed E-state index contributed by atoms with van der Waals surface area (Å²) in [5, 5.41) is 3.49. The molecule has 1 unspecified atom stereocenters. The Morgan fingerprint density at radius 3 is 2.44 bits per heavy atom. The van der Waals surface area contributed by atoms with E-state index in [1.807, 2.05) is 0 Å². The summed E-state index contributed by atoms with van der Waals surface area (Å²) in [4.78, 5) is 2.31. The molecule has 1 atom stereocenters. The number of rotatable bonds is 5. The van der Waals surface area contributed by atoms with Gasteiger partial charge >= 0.3 is 0 Å². The topological polar surface area (TPSA) is 52.7 Å². The van der Waals surface area contributed by atoms with Gasteiger partial charge in [0.25, 0.3) is 0 Å². The van der Waals surface area contributed by atoms with Gasteiger partial charge in [0.05, 0.1) is 11.9 Å². The molecule has 2 heterocycles. The predicted octanol–water partition coefficient (Wildman–Crippen LogP) is 2.22. The number of hydrogen-bond donors (Lipinski definition) is 1.